The summed E-state index contributed by atoms with van der Waals surface area (Å²) in [6, 6.07) is 7.96. The molecule has 24 heavy (non-hydrogen) atoms. The third-order valence-electron chi connectivity index (χ3n) is 5.34. The van der Waals surface area contributed by atoms with Gasteiger partial charge in [-0.3, -0.25) is 9.59 Å². The van der Waals surface area contributed by atoms with Gasteiger partial charge in [0.25, 0.3) is 0 Å². The van der Waals surface area contributed by atoms with E-state index in [1.807, 2.05) is 29.2 Å². The highest BCUT2D eigenvalue weighted by Gasteiger charge is 2.34. The van der Waals surface area contributed by atoms with Gasteiger partial charge in [-0.05, 0) is 37.8 Å². The van der Waals surface area contributed by atoms with Gasteiger partial charge < -0.3 is 15.5 Å². The lowest BCUT2D eigenvalue weighted by Gasteiger charge is -2.40. The number of likely N-dealkylation sites (tertiary alicyclic amines) is 1. The monoisotopic (exact) mass is 329 g/mol. The molecular weight excluding hydrogens is 302 g/mol. The second-order valence-electron chi connectivity index (χ2n) is 7.02. The Labute approximate surface area is 143 Å². The summed E-state index contributed by atoms with van der Waals surface area (Å²) in [5.41, 5.74) is 7.52. The van der Waals surface area contributed by atoms with Crippen molar-refractivity contribution in [2.45, 2.75) is 51.0 Å². The van der Waals surface area contributed by atoms with E-state index in [0.717, 1.165) is 37.2 Å². The zero-order valence-electron chi connectivity index (χ0n) is 14.4. The number of carbonyl (C=O) groups excluding carboxylic acids is 2. The lowest BCUT2D eigenvalue weighted by atomic mass is 9.85. The van der Waals surface area contributed by atoms with Crippen molar-refractivity contribution in [2.24, 2.45) is 5.73 Å². The Hall–Kier alpha value is -2.04. The van der Waals surface area contributed by atoms with Crippen LogP contribution in [0.2, 0.25) is 0 Å². The molecule has 3 rings (SSSR count). The first kappa shape index (κ1) is 16.8. The van der Waals surface area contributed by atoms with Crippen LogP contribution in [-0.2, 0) is 9.59 Å². The van der Waals surface area contributed by atoms with E-state index >= 15 is 0 Å². The number of hydrogen-bond donors (Lipinski definition) is 1. The van der Waals surface area contributed by atoms with Gasteiger partial charge in [-0.25, -0.2) is 0 Å². The van der Waals surface area contributed by atoms with Crippen molar-refractivity contribution in [1.29, 1.82) is 0 Å². The number of benzene rings is 1. The van der Waals surface area contributed by atoms with Gasteiger partial charge in [-0.1, -0.05) is 31.0 Å². The molecular formula is C19H27N3O2. The second kappa shape index (κ2) is 7.24. The van der Waals surface area contributed by atoms with Crippen LogP contribution in [0.3, 0.4) is 0 Å². The maximum Gasteiger partial charge on any atom is 0.242 e. The SMILES string of the molecule is CC1CC(C(N)=O)c2ccccc2N1CC(=O)N1CCCCCC1. The first-order valence-electron chi connectivity index (χ1n) is 9.00. The van der Waals surface area contributed by atoms with E-state index in [1.54, 1.807) is 0 Å². The molecule has 2 amide bonds. The van der Waals surface area contributed by atoms with Crippen LogP contribution in [0.15, 0.2) is 24.3 Å². The highest BCUT2D eigenvalue weighted by molar-refractivity contribution is 5.87. The maximum atomic E-state index is 12.8. The number of nitrogens with zero attached hydrogens (tertiary/aromatic N) is 2. The summed E-state index contributed by atoms with van der Waals surface area (Å²) >= 11 is 0. The zero-order valence-corrected chi connectivity index (χ0v) is 14.4. The predicted molar refractivity (Wildman–Crippen MR) is 94.9 cm³/mol. The molecule has 0 bridgehead atoms. The number of primary amides is 1. The summed E-state index contributed by atoms with van der Waals surface area (Å²) in [4.78, 5) is 28.7. The van der Waals surface area contributed by atoms with Crippen LogP contribution in [0.4, 0.5) is 5.69 Å². The average molecular weight is 329 g/mol. The van der Waals surface area contributed by atoms with Crippen LogP contribution in [0.5, 0.6) is 0 Å². The van der Waals surface area contributed by atoms with Gasteiger partial charge >= 0.3 is 0 Å². The zero-order chi connectivity index (χ0) is 17.1. The van der Waals surface area contributed by atoms with Crippen LogP contribution < -0.4 is 10.6 Å². The van der Waals surface area contributed by atoms with E-state index in [-0.39, 0.29) is 23.8 Å². The molecule has 2 atom stereocenters. The summed E-state index contributed by atoms with van der Waals surface area (Å²) in [6.07, 6.45) is 5.29. The van der Waals surface area contributed by atoms with Crippen molar-refractivity contribution in [2.75, 3.05) is 24.5 Å². The van der Waals surface area contributed by atoms with Crippen LogP contribution in [0.1, 0.15) is 50.5 Å². The van der Waals surface area contributed by atoms with Crippen LogP contribution in [0, 0.1) is 0 Å². The highest BCUT2D eigenvalue weighted by Crippen LogP contribution is 2.38. The van der Waals surface area contributed by atoms with Gasteiger partial charge in [0.05, 0.1) is 12.5 Å². The molecule has 5 heteroatoms. The Kier molecular flexibility index (Phi) is 5.07. The Morgan fingerprint density at radius 3 is 2.46 bits per heavy atom. The predicted octanol–water partition coefficient (Wildman–Crippen LogP) is 2.26. The van der Waals surface area contributed by atoms with Crippen molar-refractivity contribution >= 4 is 17.5 Å². The van der Waals surface area contributed by atoms with Crippen molar-refractivity contribution < 1.29 is 9.59 Å². The Morgan fingerprint density at radius 1 is 1.12 bits per heavy atom. The number of rotatable bonds is 3. The van der Waals surface area contributed by atoms with Crippen LogP contribution >= 0.6 is 0 Å². The van der Waals surface area contributed by atoms with Gasteiger partial charge in [0.1, 0.15) is 0 Å². The molecule has 0 radical (unpaired) electrons. The fourth-order valence-corrected chi connectivity index (χ4v) is 3.95. The number of amides is 2. The van der Waals surface area contributed by atoms with Gasteiger partial charge in [-0.15, -0.1) is 0 Å². The molecule has 0 aliphatic carbocycles. The molecule has 2 aliphatic rings. The number of hydrogen-bond acceptors (Lipinski definition) is 3. The number of nitrogens with two attached hydrogens (primary N) is 1. The highest BCUT2D eigenvalue weighted by atomic mass is 16.2. The Balaban J connectivity index is 1.80. The van der Waals surface area contributed by atoms with E-state index in [0.29, 0.717) is 13.0 Å². The lowest BCUT2D eigenvalue weighted by Crippen LogP contribution is -2.48. The lowest BCUT2D eigenvalue weighted by molar-refractivity contribution is -0.129. The number of fused-ring (bicyclic) bond motifs is 1. The quantitative estimate of drug-likeness (QED) is 0.925. The normalized spacial score (nSPS) is 24.2. The van der Waals surface area contributed by atoms with Gasteiger partial charge in [-0.2, -0.15) is 0 Å². The van der Waals surface area contributed by atoms with Crippen molar-refractivity contribution in [3.63, 3.8) is 0 Å². The molecule has 0 aromatic heterocycles. The van der Waals surface area contributed by atoms with Gasteiger partial charge in [0.15, 0.2) is 0 Å². The van der Waals surface area contributed by atoms with Gasteiger partial charge in [0, 0.05) is 24.8 Å². The molecule has 1 aromatic carbocycles. The van der Waals surface area contributed by atoms with E-state index < -0.39 is 0 Å². The molecule has 2 N–H and O–H groups in total. The molecule has 2 aliphatic heterocycles. The van der Waals surface area contributed by atoms with Crippen molar-refractivity contribution in [1.82, 2.24) is 4.90 Å². The number of carbonyl (C=O) groups is 2. The summed E-state index contributed by atoms with van der Waals surface area (Å²) in [6.45, 7) is 4.18. The first-order chi connectivity index (χ1) is 11.6. The minimum absolute atomic E-state index is 0.119. The molecule has 5 nitrogen and oxygen atoms in total. The molecule has 2 unspecified atom stereocenters. The fourth-order valence-electron chi connectivity index (χ4n) is 3.95. The molecule has 0 spiro atoms. The van der Waals surface area contributed by atoms with Crippen molar-refractivity contribution in [3.05, 3.63) is 29.8 Å². The summed E-state index contributed by atoms with van der Waals surface area (Å²) in [5, 5.41) is 0. The molecule has 0 saturated carbocycles. The smallest absolute Gasteiger partial charge is 0.242 e. The molecule has 2 heterocycles. The fraction of sp³-hybridized carbons (Fsp3) is 0.579. The molecule has 130 valence electrons. The van der Waals surface area contributed by atoms with Crippen LogP contribution in [0.25, 0.3) is 0 Å². The van der Waals surface area contributed by atoms with E-state index in [4.69, 9.17) is 5.73 Å². The number of anilines is 1. The van der Waals surface area contributed by atoms with E-state index in [9.17, 15) is 9.59 Å². The average Bonchev–Trinajstić information content (AvgIpc) is 2.86. The topological polar surface area (TPSA) is 66.6 Å². The standard InChI is InChI=1S/C19H27N3O2/c1-14-12-16(19(20)24)15-8-4-5-9-17(15)22(14)13-18(23)21-10-6-2-3-7-11-21/h4-5,8-9,14,16H,2-3,6-7,10-13H2,1H3,(H2,20,24). The van der Waals surface area contributed by atoms with Crippen LogP contribution in [-0.4, -0.2) is 42.4 Å². The number of para-hydroxylation sites is 1. The molecule has 1 fully saturated rings. The Bertz CT molecular complexity index is 608. The van der Waals surface area contributed by atoms with E-state index in [1.165, 1.54) is 12.8 Å². The van der Waals surface area contributed by atoms with Gasteiger partial charge in [0.2, 0.25) is 11.8 Å². The maximum absolute atomic E-state index is 12.8. The summed E-state index contributed by atoms with van der Waals surface area (Å²) in [7, 11) is 0. The Morgan fingerprint density at radius 2 is 1.79 bits per heavy atom. The summed E-state index contributed by atoms with van der Waals surface area (Å²) in [5.74, 6) is -0.357. The summed E-state index contributed by atoms with van der Waals surface area (Å²) < 4.78 is 0. The molecule has 1 saturated heterocycles. The minimum atomic E-state index is -0.284. The second-order valence-corrected chi connectivity index (χ2v) is 7.02. The first-order valence-corrected chi connectivity index (χ1v) is 9.00. The van der Waals surface area contributed by atoms with E-state index in [2.05, 4.69) is 11.8 Å². The molecule has 1 aromatic rings. The largest absolute Gasteiger partial charge is 0.369 e. The third kappa shape index (κ3) is 3.40. The third-order valence-corrected chi connectivity index (χ3v) is 5.34. The minimum Gasteiger partial charge on any atom is -0.369 e. The van der Waals surface area contributed by atoms with Crippen molar-refractivity contribution in [3.8, 4) is 0 Å².